The molecule has 3 N–H and O–H groups in total. The van der Waals surface area contributed by atoms with Crippen molar-refractivity contribution < 1.29 is 12.8 Å². The SMILES string of the molecule is Nc1ncnc2c1c(-c1ccc(NS(=O)(=O)c3ccccc3I)c(F)c1)cn2C1CCCC1. The molecule has 0 saturated heterocycles. The van der Waals surface area contributed by atoms with Gasteiger partial charge < -0.3 is 10.3 Å². The lowest BCUT2D eigenvalue weighted by Gasteiger charge is -2.12. The molecule has 4 aromatic rings. The van der Waals surface area contributed by atoms with Crippen molar-refractivity contribution >= 4 is 55.2 Å². The second-order valence-corrected chi connectivity index (χ2v) is 10.9. The molecule has 0 atom stereocenters. The minimum Gasteiger partial charge on any atom is -0.383 e. The molecule has 2 aromatic heterocycles. The van der Waals surface area contributed by atoms with Gasteiger partial charge in [-0.05, 0) is 65.3 Å². The van der Waals surface area contributed by atoms with Gasteiger partial charge in [0, 0.05) is 21.4 Å². The minimum atomic E-state index is -3.93. The maximum Gasteiger partial charge on any atom is 0.263 e. The molecule has 5 rings (SSSR count). The number of nitrogens with two attached hydrogens (primary N) is 1. The number of fused-ring (bicyclic) bond motifs is 1. The van der Waals surface area contributed by atoms with Gasteiger partial charge >= 0.3 is 0 Å². The summed E-state index contributed by atoms with van der Waals surface area (Å²) in [6.07, 6.45) is 7.82. The van der Waals surface area contributed by atoms with E-state index >= 15 is 4.39 Å². The molecule has 2 heterocycles. The molecule has 1 saturated carbocycles. The summed E-state index contributed by atoms with van der Waals surface area (Å²) in [6, 6.07) is 11.3. The monoisotopic (exact) mass is 577 g/mol. The summed E-state index contributed by atoms with van der Waals surface area (Å²) >= 11 is 1.94. The predicted molar refractivity (Wildman–Crippen MR) is 135 cm³/mol. The van der Waals surface area contributed by atoms with E-state index in [0.717, 1.165) is 36.9 Å². The highest BCUT2D eigenvalue weighted by Crippen LogP contribution is 2.39. The second kappa shape index (κ2) is 8.56. The molecule has 7 nitrogen and oxygen atoms in total. The molecule has 0 aliphatic heterocycles. The van der Waals surface area contributed by atoms with E-state index in [4.69, 9.17) is 5.73 Å². The molecule has 1 fully saturated rings. The Kier molecular flexibility index (Phi) is 5.73. The van der Waals surface area contributed by atoms with Crippen molar-refractivity contribution in [1.82, 2.24) is 14.5 Å². The number of rotatable bonds is 5. The fourth-order valence-electron chi connectivity index (χ4n) is 4.42. The number of nitrogens with one attached hydrogen (secondary N) is 1. The van der Waals surface area contributed by atoms with Gasteiger partial charge in [-0.1, -0.05) is 31.0 Å². The van der Waals surface area contributed by atoms with Crippen LogP contribution >= 0.6 is 22.6 Å². The molecule has 0 bridgehead atoms. The highest BCUT2D eigenvalue weighted by Gasteiger charge is 2.24. The minimum absolute atomic E-state index is 0.0960. The first kappa shape index (κ1) is 22.1. The van der Waals surface area contributed by atoms with E-state index in [1.165, 1.54) is 24.5 Å². The molecule has 33 heavy (non-hydrogen) atoms. The van der Waals surface area contributed by atoms with Crippen LogP contribution in [0.3, 0.4) is 0 Å². The highest BCUT2D eigenvalue weighted by atomic mass is 127. The molecule has 0 radical (unpaired) electrons. The second-order valence-electron chi connectivity index (χ2n) is 8.08. The fourth-order valence-corrected chi connectivity index (χ4v) is 6.82. The average molecular weight is 577 g/mol. The van der Waals surface area contributed by atoms with Crippen molar-refractivity contribution in [2.24, 2.45) is 0 Å². The Morgan fingerprint density at radius 2 is 1.88 bits per heavy atom. The molecular formula is C23H21FIN5O2S. The van der Waals surface area contributed by atoms with Crippen molar-refractivity contribution in [3.8, 4) is 11.1 Å². The van der Waals surface area contributed by atoms with Crippen molar-refractivity contribution in [2.45, 2.75) is 36.6 Å². The highest BCUT2D eigenvalue weighted by molar-refractivity contribution is 14.1. The number of nitrogen functional groups attached to an aromatic ring is 1. The Labute approximate surface area is 204 Å². The van der Waals surface area contributed by atoms with Gasteiger partial charge in [0.05, 0.1) is 11.1 Å². The van der Waals surface area contributed by atoms with Crippen LogP contribution in [0, 0.1) is 9.39 Å². The van der Waals surface area contributed by atoms with E-state index in [1.807, 2.05) is 28.8 Å². The van der Waals surface area contributed by atoms with E-state index in [2.05, 4.69) is 19.3 Å². The number of nitrogens with zero attached hydrogens (tertiary/aromatic N) is 3. The number of halogens is 2. The molecule has 10 heteroatoms. The van der Waals surface area contributed by atoms with Gasteiger partial charge in [-0.15, -0.1) is 0 Å². The standard InChI is InChI=1S/C23H21FIN5O2S/c24-17-11-14(9-10-19(17)29-33(31,32)20-8-4-3-7-18(20)25)16-12-30(15-5-1-2-6-15)23-21(16)22(26)27-13-28-23/h3-4,7-13,15,29H,1-2,5-6H2,(H2,26,27,28). The van der Waals surface area contributed by atoms with Crippen molar-refractivity contribution in [2.75, 3.05) is 10.5 Å². The third kappa shape index (κ3) is 4.05. The third-order valence-corrected chi connectivity index (χ3v) is 8.74. The lowest BCUT2D eigenvalue weighted by Crippen LogP contribution is -2.15. The molecular weight excluding hydrogens is 556 g/mol. The van der Waals surface area contributed by atoms with Gasteiger partial charge in [-0.2, -0.15) is 0 Å². The maximum atomic E-state index is 15.1. The van der Waals surface area contributed by atoms with Gasteiger partial charge in [-0.3, -0.25) is 4.72 Å². The summed E-state index contributed by atoms with van der Waals surface area (Å²) in [4.78, 5) is 8.68. The third-order valence-electron chi connectivity index (χ3n) is 6.01. The van der Waals surface area contributed by atoms with Crippen LogP contribution < -0.4 is 10.5 Å². The van der Waals surface area contributed by atoms with Crippen LogP contribution in [0.2, 0.25) is 0 Å². The van der Waals surface area contributed by atoms with E-state index in [1.54, 1.807) is 24.3 Å². The number of anilines is 2. The largest absolute Gasteiger partial charge is 0.383 e. The number of sulfonamides is 1. The summed E-state index contributed by atoms with van der Waals surface area (Å²) in [5.41, 5.74) is 8.09. The van der Waals surface area contributed by atoms with Crippen molar-refractivity contribution in [3.63, 3.8) is 0 Å². The van der Waals surface area contributed by atoms with E-state index in [-0.39, 0.29) is 10.6 Å². The van der Waals surface area contributed by atoms with Gasteiger partial charge in [-0.25, -0.2) is 22.8 Å². The summed E-state index contributed by atoms with van der Waals surface area (Å²) in [5, 5.41) is 0.677. The number of hydrogen-bond donors (Lipinski definition) is 2. The first-order valence-corrected chi connectivity index (χ1v) is 13.1. The number of benzene rings is 2. The Morgan fingerprint density at radius 3 is 2.61 bits per heavy atom. The van der Waals surface area contributed by atoms with Crippen LogP contribution in [-0.4, -0.2) is 23.0 Å². The molecule has 0 unspecified atom stereocenters. The Balaban J connectivity index is 1.55. The smallest absolute Gasteiger partial charge is 0.263 e. The predicted octanol–water partition coefficient (Wildman–Crippen LogP) is 5.34. The summed E-state index contributed by atoms with van der Waals surface area (Å²) < 4.78 is 45.7. The molecule has 1 aliphatic rings. The Hall–Kier alpha value is -2.73. The van der Waals surface area contributed by atoms with Crippen LogP contribution in [0.1, 0.15) is 31.7 Å². The number of aromatic nitrogens is 3. The fraction of sp³-hybridized carbons (Fsp3) is 0.217. The molecule has 2 aromatic carbocycles. The van der Waals surface area contributed by atoms with Crippen LogP contribution in [0.25, 0.3) is 22.2 Å². The average Bonchev–Trinajstić information content (AvgIpc) is 3.44. The van der Waals surface area contributed by atoms with E-state index < -0.39 is 15.8 Å². The summed E-state index contributed by atoms with van der Waals surface area (Å²) in [6.45, 7) is 0. The van der Waals surface area contributed by atoms with E-state index in [0.29, 0.717) is 26.4 Å². The maximum absolute atomic E-state index is 15.1. The zero-order chi connectivity index (χ0) is 23.2. The van der Waals surface area contributed by atoms with Crippen LogP contribution in [-0.2, 0) is 10.0 Å². The lowest BCUT2D eigenvalue weighted by atomic mass is 10.1. The molecule has 0 amide bonds. The number of hydrogen-bond acceptors (Lipinski definition) is 5. The molecule has 170 valence electrons. The topological polar surface area (TPSA) is 103 Å². The quantitative estimate of drug-likeness (QED) is 0.312. The first-order chi connectivity index (χ1) is 15.8. The van der Waals surface area contributed by atoms with Gasteiger partial charge in [0.1, 0.15) is 28.5 Å². The molecule has 0 spiro atoms. The van der Waals surface area contributed by atoms with Crippen LogP contribution in [0.5, 0.6) is 0 Å². The summed E-state index contributed by atoms with van der Waals surface area (Å²) in [5.74, 6) is -0.352. The zero-order valence-electron chi connectivity index (χ0n) is 17.5. The van der Waals surface area contributed by atoms with E-state index in [9.17, 15) is 8.42 Å². The van der Waals surface area contributed by atoms with Crippen molar-refractivity contribution in [3.05, 3.63) is 64.4 Å². The molecule has 1 aliphatic carbocycles. The van der Waals surface area contributed by atoms with Crippen LogP contribution in [0.4, 0.5) is 15.9 Å². The summed E-state index contributed by atoms with van der Waals surface area (Å²) in [7, 11) is -3.93. The van der Waals surface area contributed by atoms with Gasteiger partial charge in [0.2, 0.25) is 0 Å². The lowest BCUT2D eigenvalue weighted by molar-refractivity contribution is 0.532. The zero-order valence-corrected chi connectivity index (χ0v) is 20.5. The normalized spacial score (nSPS) is 14.7. The Morgan fingerprint density at radius 1 is 1.12 bits per heavy atom. The van der Waals surface area contributed by atoms with Gasteiger partial charge in [0.15, 0.2) is 0 Å². The first-order valence-electron chi connectivity index (χ1n) is 10.5. The van der Waals surface area contributed by atoms with Crippen LogP contribution in [0.15, 0.2) is 59.9 Å². The Bertz CT molecular complexity index is 1470. The van der Waals surface area contributed by atoms with Gasteiger partial charge in [0.25, 0.3) is 10.0 Å². The van der Waals surface area contributed by atoms with Crippen molar-refractivity contribution in [1.29, 1.82) is 0 Å².